The number of carbonyl (C=O) groups is 2. The first-order valence-corrected chi connectivity index (χ1v) is 7.96. The fraction of sp³-hybridized carbons (Fsp3) is 0.500. The number of piperidine rings is 1. The molecule has 3 N–H and O–H groups in total. The minimum atomic E-state index is -3.88. The minimum absolute atomic E-state index is 0.129. The van der Waals surface area contributed by atoms with Crippen LogP contribution in [0, 0.1) is 5.92 Å². The van der Waals surface area contributed by atoms with E-state index < -0.39 is 27.8 Å². The van der Waals surface area contributed by atoms with Crippen molar-refractivity contribution in [2.24, 2.45) is 18.1 Å². The Morgan fingerprint density at radius 1 is 1.43 bits per heavy atom. The van der Waals surface area contributed by atoms with Crippen LogP contribution in [0.4, 0.5) is 0 Å². The standard InChI is InChI=1S/C12H17N3O5S/c1-14-7-9(21(13,19)20)5-10(14)11(16)15-4-2-3-8(6-15)12(17)18/h5,7-8H,2-4,6H2,1H3,(H,17,18)(H2,13,19,20)/t8-/m0/s1. The summed E-state index contributed by atoms with van der Waals surface area (Å²) in [5.74, 6) is -1.90. The number of hydrogen-bond donors (Lipinski definition) is 2. The maximum atomic E-state index is 12.4. The van der Waals surface area contributed by atoms with Crippen molar-refractivity contribution >= 4 is 21.9 Å². The van der Waals surface area contributed by atoms with Gasteiger partial charge in [0.25, 0.3) is 5.91 Å². The Kier molecular flexibility index (Phi) is 4.06. The largest absolute Gasteiger partial charge is 0.481 e. The van der Waals surface area contributed by atoms with Gasteiger partial charge >= 0.3 is 5.97 Å². The van der Waals surface area contributed by atoms with Gasteiger partial charge in [-0.1, -0.05) is 0 Å². The van der Waals surface area contributed by atoms with E-state index >= 15 is 0 Å². The lowest BCUT2D eigenvalue weighted by Crippen LogP contribution is -2.42. The number of aromatic nitrogens is 1. The molecule has 1 aliphatic rings. The molecule has 0 aliphatic carbocycles. The zero-order valence-corrected chi connectivity index (χ0v) is 12.3. The first-order chi connectivity index (χ1) is 9.70. The second-order valence-electron chi connectivity index (χ2n) is 5.15. The third-order valence-electron chi connectivity index (χ3n) is 3.59. The summed E-state index contributed by atoms with van der Waals surface area (Å²) in [6.07, 6.45) is 2.41. The third-order valence-corrected chi connectivity index (χ3v) is 4.47. The van der Waals surface area contributed by atoms with Gasteiger partial charge in [-0.05, 0) is 18.9 Å². The first kappa shape index (κ1) is 15.5. The second kappa shape index (κ2) is 5.49. The van der Waals surface area contributed by atoms with Crippen LogP contribution in [0.1, 0.15) is 23.3 Å². The molecule has 21 heavy (non-hydrogen) atoms. The van der Waals surface area contributed by atoms with E-state index in [9.17, 15) is 18.0 Å². The van der Waals surface area contributed by atoms with Gasteiger partial charge in [0.1, 0.15) is 10.6 Å². The molecule has 1 amide bonds. The Morgan fingerprint density at radius 3 is 2.62 bits per heavy atom. The summed E-state index contributed by atoms with van der Waals surface area (Å²) >= 11 is 0. The van der Waals surface area contributed by atoms with Gasteiger partial charge in [-0.2, -0.15) is 0 Å². The quantitative estimate of drug-likeness (QED) is 0.786. The molecule has 2 heterocycles. The molecular weight excluding hydrogens is 298 g/mol. The number of nitrogens with two attached hydrogens (primary N) is 1. The molecule has 0 unspecified atom stereocenters. The minimum Gasteiger partial charge on any atom is -0.481 e. The molecule has 0 aromatic carbocycles. The number of aliphatic carboxylic acids is 1. The Balaban J connectivity index is 2.24. The number of hydrogen-bond acceptors (Lipinski definition) is 4. The number of carboxylic acids is 1. The number of nitrogens with zero attached hydrogens (tertiary/aromatic N) is 2. The molecule has 116 valence electrons. The van der Waals surface area contributed by atoms with E-state index in [1.807, 2.05) is 0 Å². The van der Waals surface area contributed by atoms with Crippen LogP contribution in [-0.4, -0.2) is 48.0 Å². The van der Waals surface area contributed by atoms with Crippen LogP contribution in [0.25, 0.3) is 0 Å². The molecule has 1 aliphatic heterocycles. The molecule has 0 spiro atoms. The summed E-state index contributed by atoms with van der Waals surface area (Å²) in [4.78, 5) is 24.7. The highest BCUT2D eigenvalue weighted by molar-refractivity contribution is 7.89. The zero-order valence-electron chi connectivity index (χ0n) is 11.5. The van der Waals surface area contributed by atoms with E-state index in [1.165, 1.54) is 21.7 Å². The van der Waals surface area contributed by atoms with Crippen molar-refractivity contribution in [3.63, 3.8) is 0 Å². The van der Waals surface area contributed by atoms with Gasteiger partial charge in [-0.15, -0.1) is 0 Å². The molecule has 1 atom stereocenters. The monoisotopic (exact) mass is 315 g/mol. The average molecular weight is 315 g/mol. The van der Waals surface area contributed by atoms with Gasteiger partial charge in [-0.3, -0.25) is 9.59 Å². The molecule has 8 nitrogen and oxygen atoms in total. The number of rotatable bonds is 3. The van der Waals surface area contributed by atoms with Crippen LogP contribution in [-0.2, 0) is 21.9 Å². The lowest BCUT2D eigenvalue weighted by molar-refractivity contribution is -0.143. The van der Waals surface area contributed by atoms with Crippen molar-refractivity contribution in [1.29, 1.82) is 0 Å². The lowest BCUT2D eigenvalue weighted by Gasteiger charge is -2.30. The number of likely N-dealkylation sites (tertiary alicyclic amines) is 1. The Labute approximate surface area is 122 Å². The Morgan fingerprint density at radius 2 is 2.10 bits per heavy atom. The lowest BCUT2D eigenvalue weighted by atomic mass is 9.98. The molecule has 1 fully saturated rings. The second-order valence-corrected chi connectivity index (χ2v) is 6.71. The maximum Gasteiger partial charge on any atom is 0.308 e. The zero-order chi connectivity index (χ0) is 15.8. The summed E-state index contributed by atoms with van der Waals surface area (Å²) in [5, 5.41) is 14.1. The van der Waals surface area contributed by atoms with Crippen LogP contribution in [0.15, 0.2) is 17.2 Å². The van der Waals surface area contributed by atoms with E-state index in [4.69, 9.17) is 10.2 Å². The number of primary sulfonamides is 1. The van der Waals surface area contributed by atoms with Crippen LogP contribution in [0.3, 0.4) is 0 Å². The van der Waals surface area contributed by atoms with Crippen LogP contribution in [0.2, 0.25) is 0 Å². The van der Waals surface area contributed by atoms with E-state index in [2.05, 4.69) is 0 Å². The van der Waals surface area contributed by atoms with Gasteiger partial charge in [0.05, 0.1) is 5.92 Å². The van der Waals surface area contributed by atoms with E-state index in [-0.39, 0.29) is 17.1 Å². The van der Waals surface area contributed by atoms with E-state index in [0.717, 1.165) is 0 Å². The molecule has 1 aromatic rings. The molecule has 1 saturated heterocycles. The first-order valence-electron chi connectivity index (χ1n) is 6.41. The van der Waals surface area contributed by atoms with Gasteiger partial charge in [0.2, 0.25) is 10.0 Å². The normalized spacial score (nSPS) is 19.5. The molecule has 0 saturated carbocycles. The molecule has 0 bridgehead atoms. The molecule has 2 rings (SSSR count). The highest BCUT2D eigenvalue weighted by Crippen LogP contribution is 2.20. The van der Waals surface area contributed by atoms with Gasteiger partial charge in [-0.25, -0.2) is 13.6 Å². The summed E-state index contributed by atoms with van der Waals surface area (Å²) < 4.78 is 24.0. The summed E-state index contributed by atoms with van der Waals surface area (Å²) in [5.41, 5.74) is 0.171. The summed E-state index contributed by atoms with van der Waals surface area (Å²) in [7, 11) is -2.34. The topological polar surface area (TPSA) is 123 Å². The predicted molar refractivity (Wildman–Crippen MR) is 73.0 cm³/mol. The number of aryl methyl sites for hydroxylation is 1. The fourth-order valence-corrected chi connectivity index (χ4v) is 3.01. The number of amides is 1. The summed E-state index contributed by atoms with van der Waals surface area (Å²) in [6, 6.07) is 1.21. The van der Waals surface area contributed by atoms with E-state index in [1.54, 1.807) is 7.05 Å². The van der Waals surface area contributed by atoms with Gasteiger partial charge < -0.3 is 14.6 Å². The predicted octanol–water partition coefficient (Wildman–Crippen LogP) is -0.391. The number of carboxylic acid groups (broad SMARTS) is 1. The summed E-state index contributed by atoms with van der Waals surface area (Å²) in [6.45, 7) is 0.586. The molecule has 9 heteroatoms. The average Bonchev–Trinajstić information content (AvgIpc) is 2.80. The molecule has 1 aromatic heterocycles. The van der Waals surface area contributed by atoms with Crippen molar-refractivity contribution in [3.05, 3.63) is 18.0 Å². The Bertz CT molecular complexity index is 679. The SMILES string of the molecule is Cn1cc(S(N)(=O)=O)cc1C(=O)N1CCC[C@H](C(=O)O)C1. The highest BCUT2D eigenvalue weighted by atomic mass is 32.2. The number of sulfonamides is 1. The van der Waals surface area contributed by atoms with Crippen molar-refractivity contribution in [1.82, 2.24) is 9.47 Å². The van der Waals surface area contributed by atoms with Crippen molar-refractivity contribution in [3.8, 4) is 0 Å². The van der Waals surface area contributed by atoms with Crippen LogP contribution in [0.5, 0.6) is 0 Å². The van der Waals surface area contributed by atoms with Crippen LogP contribution < -0.4 is 5.14 Å². The fourth-order valence-electron chi connectivity index (χ4n) is 2.43. The number of carbonyl (C=O) groups excluding carboxylic acids is 1. The van der Waals surface area contributed by atoms with Gasteiger partial charge in [0.15, 0.2) is 0 Å². The molecule has 0 radical (unpaired) electrons. The van der Waals surface area contributed by atoms with Crippen molar-refractivity contribution in [2.75, 3.05) is 13.1 Å². The molecular formula is C12H17N3O5S. The van der Waals surface area contributed by atoms with Crippen LogP contribution >= 0.6 is 0 Å². The Hall–Kier alpha value is -1.87. The van der Waals surface area contributed by atoms with Crippen molar-refractivity contribution < 1.29 is 23.1 Å². The van der Waals surface area contributed by atoms with Gasteiger partial charge in [0, 0.05) is 26.3 Å². The maximum absolute atomic E-state index is 12.4. The van der Waals surface area contributed by atoms with Crippen molar-refractivity contribution in [2.45, 2.75) is 17.7 Å². The smallest absolute Gasteiger partial charge is 0.308 e. The third kappa shape index (κ3) is 3.24. The highest BCUT2D eigenvalue weighted by Gasteiger charge is 2.30. The van der Waals surface area contributed by atoms with E-state index in [0.29, 0.717) is 19.4 Å².